The van der Waals surface area contributed by atoms with Gasteiger partial charge in [0.2, 0.25) is 0 Å². The lowest BCUT2D eigenvalue weighted by Crippen LogP contribution is -2.07. The Morgan fingerprint density at radius 3 is 2.38 bits per heavy atom. The summed E-state index contributed by atoms with van der Waals surface area (Å²) < 4.78 is 31.2. The van der Waals surface area contributed by atoms with Crippen LogP contribution in [0.15, 0.2) is 12.1 Å². The van der Waals surface area contributed by atoms with Crippen molar-refractivity contribution in [1.82, 2.24) is 0 Å². The molecule has 72 valence electrons. The van der Waals surface area contributed by atoms with Gasteiger partial charge in [-0.05, 0) is 32.9 Å². The summed E-state index contributed by atoms with van der Waals surface area (Å²) in [5.41, 5.74) is -0.00171. The molecule has 0 saturated carbocycles. The van der Waals surface area contributed by atoms with E-state index >= 15 is 0 Å². The van der Waals surface area contributed by atoms with Crippen molar-refractivity contribution in [2.75, 3.05) is 0 Å². The number of hydrogen-bond acceptors (Lipinski definition) is 1. The number of ether oxygens (including phenoxy) is 1. The van der Waals surface area contributed by atoms with Gasteiger partial charge in [0.05, 0.1) is 6.10 Å². The predicted molar refractivity (Wildman–Crippen MR) is 46.9 cm³/mol. The van der Waals surface area contributed by atoms with Crippen LogP contribution in [0.25, 0.3) is 0 Å². The lowest BCUT2D eigenvalue weighted by Gasteiger charge is -2.11. The Morgan fingerprint density at radius 1 is 1.23 bits per heavy atom. The van der Waals surface area contributed by atoms with Crippen molar-refractivity contribution in [3.05, 3.63) is 29.3 Å². The highest BCUT2D eigenvalue weighted by molar-refractivity contribution is 5.31. The minimum absolute atomic E-state index is 0.00171. The molecule has 0 aliphatic carbocycles. The van der Waals surface area contributed by atoms with Crippen molar-refractivity contribution in [1.29, 1.82) is 0 Å². The summed E-state index contributed by atoms with van der Waals surface area (Å²) in [6, 6.07) is 2.51. The van der Waals surface area contributed by atoms with Gasteiger partial charge in [-0.2, -0.15) is 0 Å². The summed E-state index contributed by atoms with van der Waals surface area (Å²) in [7, 11) is 0. The van der Waals surface area contributed by atoms with Gasteiger partial charge in [0.15, 0.2) is 11.6 Å². The molecule has 0 heterocycles. The topological polar surface area (TPSA) is 9.23 Å². The third kappa shape index (κ3) is 2.17. The Balaban J connectivity index is 3.04. The molecule has 0 aliphatic heterocycles. The fourth-order valence-electron chi connectivity index (χ4n) is 0.982. The highest BCUT2D eigenvalue weighted by atomic mass is 19.1. The van der Waals surface area contributed by atoms with Gasteiger partial charge >= 0.3 is 0 Å². The number of rotatable bonds is 2. The van der Waals surface area contributed by atoms with Crippen molar-refractivity contribution in [2.24, 2.45) is 0 Å². The molecule has 0 saturated heterocycles. The molecule has 0 spiro atoms. The summed E-state index contributed by atoms with van der Waals surface area (Å²) >= 11 is 0. The Morgan fingerprint density at radius 2 is 1.85 bits per heavy atom. The Kier molecular flexibility index (Phi) is 2.86. The molecular weight excluding hydrogens is 174 g/mol. The van der Waals surface area contributed by atoms with Gasteiger partial charge in [-0.25, -0.2) is 8.78 Å². The molecule has 0 aliphatic rings. The second-order valence-electron chi connectivity index (χ2n) is 3.15. The Labute approximate surface area is 76.3 Å². The fraction of sp³-hybridized carbons (Fsp3) is 0.400. The van der Waals surface area contributed by atoms with Gasteiger partial charge in [0.25, 0.3) is 0 Å². The number of hydrogen-bond donors (Lipinski definition) is 0. The zero-order valence-electron chi connectivity index (χ0n) is 7.90. The van der Waals surface area contributed by atoms with E-state index in [1.807, 2.05) is 0 Å². The zero-order chi connectivity index (χ0) is 10.0. The molecule has 0 bridgehead atoms. The van der Waals surface area contributed by atoms with Crippen LogP contribution in [0.3, 0.4) is 0 Å². The van der Waals surface area contributed by atoms with Crippen LogP contribution < -0.4 is 4.74 Å². The van der Waals surface area contributed by atoms with E-state index in [0.29, 0.717) is 0 Å². The molecule has 0 N–H and O–H groups in total. The van der Waals surface area contributed by atoms with E-state index in [4.69, 9.17) is 4.74 Å². The van der Waals surface area contributed by atoms with Crippen LogP contribution in [-0.2, 0) is 0 Å². The first kappa shape index (κ1) is 9.96. The van der Waals surface area contributed by atoms with Gasteiger partial charge in [-0.15, -0.1) is 0 Å². The van der Waals surface area contributed by atoms with Crippen LogP contribution in [0.5, 0.6) is 5.75 Å². The van der Waals surface area contributed by atoms with E-state index in [0.717, 1.165) is 0 Å². The van der Waals surface area contributed by atoms with Crippen LogP contribution in [0.2, 0.25) is 0 Å². The van der Waals surface area contributed by atoms with Gasteiger partial charge in [0.1, 0.15) is 5.82 Å². The molecule has 0 fully saturated rings. The predicted octanol–water partition coefficient (Wildman–Crippen LogP) is 3.06. The molecular formula is C10H12F2O. The molecule has 3 heteroatoms. The summed E-state index contributed by atoms with van der Waals surface area (Å²) in [6.07, 6.45) is -0.112. The normalized spacial score (nSPS) is 10.6. The van der Waals surface area contributed by atoms with Crippen molar-refractivity contribution in [2.45, 2.75) is 26.9 Å². The second-order valence-corrected chi connectivity index (χ2v) is 3.15. The van der Waals surface area contributed by atoms with Crippen molar-refractivity contribution in [3.8, 4) is 5.75 Å². The van der Waals surface area contributed by atoms with Crippen LogP contribution in [-0.4, -0.2) is 6.10 Å². The molecule has 0 aromatic heterocycles. The summed E-state index contributed by atoms with van der Waals surface area (Å²) in [5, 5.41) is 0. The van der Waals surface area contributed by atoms with Crippen molar-refractivity contribution in [3.63, 3.8) is 0 Å². The van der Waals surface area contributed by atoms with E-state index in [1.54, 1.807) is 13.8 Å². The molecule has 13 heavy (non-hydrogen) atoms. The van der Waals surface area contributed by atoms with Crippen LogP contribution in [0, 0.1) is 18.6 Å². The smallest absolute Gasteiger partial charge is 0.170 e. The minimum atomic E-state index is -0.617. The van der Waals surface area contributed by atoms with Crippen LogP contribution in [0.1, 0.15) is 19.4 Å². The van der Waals surface area contributed by atoms with E-state index in [2.05, 4.69) is 0 Å². The molecule has 1 aromatic rings. The number of benzene rings is 1. The zero-order valence-corrected chi connectivity index (χ0v) is 7.90. The molecule has 0 radical (unpaired) electrons. The van der Waals surface area contributed by atoms with Gasteiger partial charge in [-0.1, -0.05) is 0 Å². The van der Waals surface area contributed by atoms with Crippen LogP contribution in [0.4, 0.5) is 8.78 Å². The number of halogens is 2. The maximum Gasteiger partial charge on any atom is 0.170 e. The molecule has 1 rings (SSSR count). The molecule has 1 nitrogen and oxygen atoms in total. The first-order valence-electron chi connectivity index (χ1n) is 4.13. The van der Waals surface area contributed by atoms with E-state index in [-0.39, 0.29) is 17.4 Å². The van der Waals surface area contributed by atoms with Gasteiger partial charge in [0, 0.05) is 5.56 Å². The second kappa shape index (κ2) is 3.73. The molecule has 0 amide bonds. The average molecular weight is 186 g/mol. The van der Waals surface area contributed by atoms with Crippen molar-refractivity contribution < 1.29 is 13.5 Å². The quantitative estimate of drug-likeness (QED) is 0.689. The third-order valence-electron chi connectivity index (χ3n) is 1.65. The standard InChI is InChI=1S/C10H12F2O/c1-6(2)13-9-5-4-8(11)7(3)10(9)12/h4-6H,1-3H3. The van der Waals surface area contributed by atoms with Gasteiger partial charge in [-0.3, -0.25) is 0 Å². The third-order valence-corrected chi connectivity index (χ3v) is 1.65. The average Bonchev–Trinajstić information content (AvgIpc) is 2.06. The maximum absolute atomic E-state index is 13.3. The Bertz CT molecular complexity index is 308. The fourth-order valence-corrected chi connectivity index (χ4v) is 0.982. The molecule has 0 atom stereocenters. The molecule has 1 aromatic carbocycles. The van der Waals surface area contributed by atoms with E-state index in [9.17, 15) is 8.78 Å². The van der Waals surface area contributed by atoms with Gasteiger partial charge < -0.3 is 4.74 Å². The Hall–Kier alpha value is -1.12. The van der Waals surface area contributed by atoms with E-state index in [1.165, 1.54) is 19.1 Å². The highest BCUT2D eigenvalue weighted by Crippen LogP contribution is 2.23. The summed E-state index contributed by atoms with van der Waals surface area (Å²) in [6.45, 7) is 4.97. The lowest BCUT2D eigenvalue weighted by atomic mass is 10.2. The monoisotopic (exact) mass is 186 g/mol. The molecule has 0 unspecified atom stereocenters. The largest absolute Gasteiger partial charge is 0.488 e. The van der Waals surface area contributed by atoms with E-state index < -0.39 is 11.6 Å². The first-order chi connectivity index (χ1) is 6.02. The first-order valence-corrected chi connectivity index (χ1v) is 4.13. The summed E-state index contributed by atoms with van der Waals surface area (Å²) in [5.74, 6) is -1.06. The van der Waals surface area contributed by atoms with Crippen molar-refractivity contribution >= 4 is 0 Å². The van der Waals surface area contributed by atoms with Crippen LogP contribution >= 0.6 is 0 Å². The lowest BCUT2D eigenvalue weighted by molar-refractivity contribution is 0.230. The maximum atomic E-state index is 13.3. The summed E-state index contributed by atoms with van der Waals surface area (Å²) in [4.78, 5) is 0. The minimum Gasteiger partial charge on any atom is -0.488 e. The SMILES string of the molecule is Cc1c(F)ccc(OC(C)C)c1F. The highest BCUT2D eigenvalue weighted by Gasteiger charge is 2.11.